The van der Waals surface area contributed by atoms with Crippen LogP contribution in [0.15, 0.2) is 36.4 Å². The Morgan fingerprint density at radius 3 is 2.20 bits per heavy atom. The third kappa shape index (κ3) is 3.79. The molecule has 0 saturated carbocycles. The van der Waals surface area contributed by atoms with E-state index in [1.54, 1.807) is 0 Å². The number of benzene rings is 2. The lowest BCUT2D eigenvalue weighted by molar-refractivity contribution is -0.394. The van der Waals surface area contributed by atoms with Crippen molar-refractivity contribution in [1.29, 1.82) is 0 Å². The second-order valence-corrected chi connectivity index (χ2v) is 5.35. The van der Waals surface area contributed by atoms with Crippen molar-refractivity contribution in [2.75, 3.05) is 11.9 Å². The van der Waals surface area contributed by atoms with Crippen LogP contribution in [0.4, 0.5) is 35.9 Å². The predicted octanol–water partition coefficient (Wildman–Crippen LogP) is 4.94. The summed E-state index contributed by atoms with van der Waals surface area (Å²) in [5, 5.41) is 22.3. The number of rotatable bonds is 4. The molecule has 0 aliphatic rings. The van der Waals surface area contributed by atoms with Gasteiger partial charge in [0, 0.05) is 23.8 Å². The highest BCUT2D eigenvalue weighted by molar-refractivity contribution is 6.30. The van der Waals surface area contributed by atoms with Crippen molar-refractivity contribution in [3.63, 3.8) is 0 Å². The summed E-state index contributed by atoms with van der Waals surface area (Å²) >= 11 is 5.80. The molecule has 0 fully saturated rings. The summed E-state index contributed by atoms with van der Waals surface area (Å²) < 4.78 is 40.2. The second-order valence-electron chi connectivity index (χ2n) is 4.91. The van der Waals surface area contributed by atoms with Gasteiger partial charge in [0.2, 0.25) is 0 Å². The monoisotopic (exact) mass is 375 g/mol. The fraction of sp³-hybridized carbons (Fsp3) is 0.143. The quantitative estimate of drug-likeness (QED) is 0.557. The van der Waals surface area contributed by atoms with Crippen molar-refractivity contribution >= 4 is 34.4 Å². The maximum Gasteiger partial charge on any atom is 0.418 e. The third-order valence-corrected chi connectivity index (χ3v) is 3.55. The van der Waals surface area contributed by atoms with Crippen LogP contribution >= 0.6 is 11.6 Å². The van der Waals surface area contributed by atoms with E-state index in [1.165, 1.54) is 31.3 Å². The number of anilines is 2. The van der Waals surface area contributed by atoms with E-state index in [1.807, 2.05) is 0 Å². The molecule has 0 aliphatic heterocycles. The lowest BCUT2D eigenvalue weighted by Crippen LogP contribution is -2.18. The molecule has 0 N–H and O–H groups in total. The van der Waals surface area contributed by atoms with Crippen LogP contribution in [-0.4, -0.2) is 16.9 Å². The summed E-state index contributed by atoms with van der Waals surface area (Å²) in [5.74, 6) is 0. The van der Waals surface area contributed by atoms with E-state index in [-0.39, 0.29) is 16.8 Å². The molecule has 0 radical (unpaired) electrons. The zero-order chi connectivity index (χ0) is 18.9. The van der Waals surface area contributed by atoms with Gasteiger partial charge in [-0.25, -0.2) is 0 Å². The highest BCUT2D eigenvalue weighted by Crippen LogP contribution is 2.46. The van der Waals surface area contributed by atoms with Crippen LogP contribution in [0, 0.1) is 20.2 Å². The first-order chi connectivity index (χ1) is 11.5. The summed E-state index contributed by atoms with van der Waals surface area (Å²) in [5.41, 5.74) is -4.22. The molecule has 7 nitrogen and oxygen atoms in total. The van der Waals surface area contributed by atoms with Crippen molar-refractivity contribution in [2.45, 2.75) is 6.18 Å². The number of halogens is 4. The number of alkyl halides is 3. The van der Waals surface area contributed by atoms with Crippen molar-refractivity contribution in [3.05, 3.63) is 67.2 Å². The van der Waals surface area contributed by atoms with Crippen LogP contribution in [-0.2, 0) is 6.18 Å². The summed E-state index contributed by atoms with van der Waals surface area (Å²) in [7, 11) is 1.18. The molecular formula is C14H9ClF3N3O4. The first kappa shape index (κ1) is 18.5. The fourth-order valence-electron chi connectivity index (χ4n) is 2.23. The molecule has 132 valence electrons. The normalized spacial score (nSPS) is 11.2. The fourth-order valence-corrected chi connectivity index (χ4v) is 2.42. The van der Waals surface area contributed by atoms with Crippen LogP contribution in [0.3, 0.4) is 0 Å². The third-order valence-electron chi connectivity index (χ3n) is 3.32. The van der Waals surface area contributed by atoms with Gasteiger partial charge in [-0.1, -0.05) is 17.7 Å². The van der Waals surface area contributed by atoms with E-state index < -0.39 is 38.6 Å². The van der Waals surface area contributed by atoms with E-state index in [0.717, 1.165) is 4.90 Å². The van der Waals surface area contributed by atoms with Gasteiger partial charge < -0.3 is 4.90 Å². The number of hydrogen-bond donors (Lipinski definition) is 0. The molecule has 25 heavy (non-hydrogen) atoms. The molecule has 0 aliphatic carbocycles. The van der Waals surface area contributed by atoms with Crippen LogP contribution in [0.2, 0.25) is 5.02 Å². The zero-order valence-electron chi connectivity index (χ0n) is 12.5. The Morgan fingerprint density at radius 2 is 1.72 bits per heavy atom. The Hall–Kier alpha value is -2.88. The predicted molar refractivity (Wildman–Crippen MR) is 84.3 cm³/mol. The maximum absolute atomic E-state index is 13.4. The van der Waals surface area contributed by atoms with Crippen molar-refractivity contribution < 1.29 is 23.0 Å². The van der Waals surface area contributed by atoms with E-state index in [2.05, 4.69) is 0 Å². The highest BCUT2D eigenvalue weighted by Gasteiger charge is 2.41. The van der Waals surface area contributed by atoms with E-state index in [0.29, 0.717) is 6.07 Å². The molecule has 0 unspecified atom stereocenters. The van der Waals surface area contributed by atoms with Gasteiger partial charge >= 0.3 is 6.18 Å². The number of nitro groups is 2. The largest absolute Gasteiger partial charge is 0.418 e. The molecule has 11 heteroatoms. The van der Waals surface area contributed by atoms with Gasteiger partial charge in [-0.2, -0.15) is 13.2 Å². The van der Waals surface area contributed by atoms with Crippen LogP contribution in [0.5, 0.6) is 0 Å². The molecule has 0 bridgehead atoms. The second kappa shape index (κ2) is 6.55. The Bertz CT molecular complexity index is 858. The lowest BCUT2D eigenvalue weighted by atomic mass is 10.1. The first-order valence-electron chi connectivity index (χ1n) is 6.55. The lowest BCUT2D eigenvalue weighted by Gasteiger charge is -2.23. The first-order valence-corrected chi connectivity index (χ1v) is 6.93. The Labute approximate surface area is 143 Å². The Kier molecular flexibility index (Phi) is 4.84. The minimum atomic E-state index is -5.04. The standard InChI is InChI=1S/C14H9ClF3N3O4/c1-19(9-4-2-3-8(15)5-9)13-11(14(16,17)18)6-10(20(22)23)7-12(13)21(24)25/h2-7H,1H3. The maximum atomic E-state index is 13.4. The van der Waals surface area contributed by atoms with Gasteiger partial charge in [0.05, 0.1) is 21.5 Å². The van der Waals surface area contributed by atoms with Gasteiger partial charge in [0.1, 0.15) is 5.69 Å². The van der Waals surface area contributed by atoms with Crippen LogP contribution in [0.25, 0.3) is 0 Å². The Balaban J connectivity index is 2.81. The average Bonchev–Trinajstić information content (AvgIpc) is 2.51. The van der Waals surface area contributed by atoms with Gasteiger partial charge in [-0.15, -0.1) is 0 Å². The molecule has 0 saturated heterocycles. The minimum absolute atomic E-state index is 0.148. The molecule has 0 heterocycles. The van der Waals surface area contributed by atoms with E-state index in [4.69, 9.17) is 11.6 Å². The van der Waals surface area contributed by atoms with Crippen molar-refractivity contribution in [2.24, 2.45) is 0 Å². The molecule has 2 aromatic rings. The topological polar surface area (TPSA) is 89.5 Å². The molecule has 2 aromatic carbocycles. The molecule has 0 aromatic heterocycles. The number of non-ortho nitro benzene ring substituents is 1. The van der Waals surface area contributed by atoms with Gasteiger partial charge in [-0.3, -0.25) is 20.2 Å². The van der Waals surface area contributed by atoms with Gasteiger partial charge in [-0.05, 0) is 18.2 Å². The summed E-state index contributed by atoms with van der Waals surface area (Å²) in [6, 6.07) is 6.41. The number of nitro benzene ring substituents is 2. The average molecular weight is 376 g/mol. The molecule has 0 amide bonds. The zero-order valence-corrected chi connectivity index (χ0v) is 13.2. The van der Waals surface area contributed by atoms with Crippen LogP contribution < -0.4 is 4.90 Å². The molecule has 0 spiro atoms. The van der Waals surface area contributed by atoms with E-state index in [9.17, 15) is 33.4 Å². The van der Waals surface area contributed by atoms with Crippen LogP contribution in [0.1, 0.15) is 5.56 Å². The number of hydrogen-bond acceptors (Lipinski definition) is 5. The van der Waals surface area contributed by atoms with Gasteiger partial charge in [0.25, 0.3) is 11.4 Å². The summed E-state index contributed by atoms with van der Waals surface area (Å²) in [6.07, 6.45) is -5.04. The van der Waals surface area contributed by atoms with Gasteiger partial charge in [0.15, 0.2) is 0 Å². The van der Waals surface area contributed by atoms with Crippen molar-refractivity contribution in [3.8, 4) is 0 Å². The summed E-state index contributed by atoms with van der Waals surface area (Å²) in [6.45, 7) is 0. The SMILES string of the molecule is CN(c1cccc(Cl)c1)c1c([N+](=O)[O-])cc([N+](=O)[O-])cc1C(F)(F)F. The molecular weight excluding hydrogens is 367 g/mol. The number of nitrogens with zero attached hydrogens (tertiary/aromatic N) is 3. The smallest absolute Gasteiger partial charge is 0.338 e. The highest BCUT2D eigenvalue weighted by atomic mass is 35.5. The van der Waals surface area contributed by atoms with Crippen molar-refractivity contribution in [1.82, 2.24) is 0 Å². The molecule has 2 rings (SSSR count). The minimum Gasteiger partial charge on any atom is -0.338 e. The summed E-state index contributed by atoms with van der Waals surface area (Å²) in [4.78, 5) is 20.8. The Morgan fingerprint density at radius 1 is 1.08 bits per heavy atom. The van der Waals surface area contributed by atoms with E-state index >= 15 is 0 Å². The molecule has 0 atom stereocenters.